The van der Waals surface area contributed by atoms with Gasteiger partial charge >= 0.3 is 0 Å². The van der Waals surface area contributed by atoms with Gasteiger partial charge < -0.3 is 19.9 Å². The predicted molar refractivity (Wildman–Crippen MR) is 86.0 cm³/mol. The summed E-state index contributed by atoms with van der Waals surface area (Å²) >= 11 is 0. The second kappa shape index (κ2) is 7.62. The number of aliphatic hydroxyl groups is 1. The lowest BCUT2D eigenvalue weighted by Crippen LogP contribution is -2.53. The number of carbonyl (C=O) groups is 1. The van der Waals surface area contributed by atoms with Crippen molar-refractivity contribution in [3.8, 4) is 5.75 Å². The fourth-order valence-corrected chi connectivity index (χ4v) is 2.97. The minimum atomic E-state index is -0.130. The molecular weight excluding hydrogens is 294 g/mol. The zero-order chi connectivity index (χ0) is 16.1. The zero-order valence-electron chi connectivity index (χ0n) is 13.1. The Morgan fingerprint density at radius 2 is 2.00 bits per heavy atom. The molecule has 1 aliphatic carbocycles. The van der Waals surface area contributed by atoms with Crippen LogP contribution in [0.4, 0.5) is 0 Å². The zero-order valence-corrected chi connectivity index (χ0v) is 13.1. The molecule has 0 bridgehead atoms. The summed E-state index contributed by atoms with van der Waals surface area (Å²) in [5, 5.41) is 12.2. The van der Waals surface area contributed by atoms with Crippen molar-refractivity contribution in [1.82, 2.24) is 5.32 Å². The molecule has 3 rings (SSSR count). The molecule has 2 N–H and O–H groups in total. The quantitative estimate of drug-likeness (QED) is 0.813. The first kappa shape index (κ1) is 16.0. The molecule has 2 aliphatic rings. The molecule has 1 aromatic carbocycles. The van der Waals surface area contributed by atoms with Crippen LogP contribution in [-0.4, -0.2) is 36.4 Å². The van der Waals surface area contributed by atoms with E-state index in [0.717, 1.165) is 30.6 Å². The number of hydrogen-bond donors (Lipinski definition) is 2. The van der Waals surface area contributed by atoms with Crippen molar-refractivity contribution >= 4 is 5.91 Å². The fourth-order valence-electron chi connectivity index (χ4n) is 2.97. The molecule has 124 valence electrons. The molecule has 1 saturated heterocycles. The van der Waals surface area contributed by atoms with Crippen molar-refractivity contribution in [2.24, 2.45) is 5.92 Å². The molecular formula is C18H23NO4. The van der Waals surface area contributed by atoms with Gasteiger partial charge in [-0.15, -0.1) is 0 Å². The molecule has 0 spiro atoms. The maximum absolute atomic E-state index is 12.3. The van der Waals surface area contributed by atoms with Crippen LogP contribution >= 0.6 is 0 Å². The highest BCUT2D eigenvalue weighted by atomic mass is 16.5. The van der Waals surface area contributed by atoms with Crippen molar-refractivity contribution in [3.05, 3.63) is 42.0 Å². The number of benzene rings is 1. The van der Waals surface area contributed by atoms with Gasteiger partial charge in [-0.3, -0.25) is 4.79 Å². The van der Waals surface area contributed by atoms with Crippen LogP contribution in [0.15, 0.2) is 36.4 Å². The van der Waals surface area contributed by atoms with Crippen LogP contribution in [0, 0.1) is 5.92 Å². The Morgan fingerprint density at radius 1 is 1.26 bits per heavy atom. The van der Waals surface area contributed by atoms with E-state index < -0.39 is 0 Å². The average Bonchev–Trinajstić information content (AvgIpc) is 3.12. The van der Waals surface area contributed by atoms with Crippen LogP contribution in [-0.2, 0) is 16.1 Å². The summed E-state index contributed by atoms with van der Waals surface area (Å²) < 4.78 is 11.5. The van der Waals surface area contributed by atoms with Crippen molar-refractivity contribution < 1.29 is 19.4 Å². The molecule has 1 fully saturated rings. The van der Waals surface area contributed by atoms with Gasteiger partial charge in [-0.25, -0.2) is 0 Å². The van der Waals surface area contributed by atoms with E-state index in [1.807, 2.05) is 24.3 Å². The van der Waals surface area contributed by atoms with Gasteiger partial charge in [0.05, 0.1) is 25.9 Å². The van der Waals surface area contributed by atoms with Crippen LogP contribution < -0.4 is 10.1 Å². The lowest BCUT2D eigenvalue weighted by Gasteiger charge is -2.33. The van der Waals surface area contributed by atoms with E-state index >= 15 is 0 Å². The van der Waals surface area contributed by atoms with Gasteiger partial charge in [-0.05, 0) is 30.5 Å². The summed E-state index contributed by atoms with van der Waals surface area (Å²) in [6.45, 7) is 1.13. The van der Waals surface area contributed by atoms with E-state index in [1.165, 1.54) is 0 Å². The summed E-state index contributed by atoms with van der Waals surface area (Å²) in [6, 6.07) is 7.25. The van der Waals surface area contributed by atoms with Crippen LogP contribution in [0.25, 0.3) is 0 Å². The number of aliphatic hydroxyl groups excluding tert-OH is 1. The third-order valence-electron chi connectivity index (χ3n) is 4.39. The molecule has 0 radical (unpaired) electrons. The standard InChI is InChI=1S/C18H23NO4/c20-11-13-5-7-15(8-6-13)23-17-9-10-22-12-16(17)19-18(21)14-3-1-2-4-14/h1-2,5-8,14,16-17,20H,3-4,9-12H2,(H,19,21)/t16-,17-/m1/s1. The first-order valence-corrected chi connectivity index (χ1v) is 8.16. The molecule has 1 aromatic rings. The fraction of sp³-hybridized carbons (Fsp3) is 0.500. The van der Waals surface area contributed by atoms with E-state index in [9.17, 15) is 4.79 Å². The van der Waals surface area contributed by atoms with E-state index in [4.69, 9.17) is 14.6 Å². The Morgan fingerprint density at radius 3 is 2.70 bits per heavy atom. The molecule has 5 heteroatoms. The SMILES string of the molecule is O=C(N[C@@H]1COCC[C@H]1Oc1ccc(CO)cc1)C1CC=CC1. The van der Waals surface area contributed by atoms with Crippen LogP contribution in [0.2, 0.25) is 0 Å². The summed E-state index contributed by atoms with van der Waals surface area (Å²) in [4.78, 5) is 12.3. The van der Waals surface area contributed by atoms with Gasteiger partial charge in [0.15, 0.2) is 0 Å². The lowest BCUT2D eigenvalue weighted by molar-refractivity contribution is -0.127. The summed E-state index contributed by atoms with van der Waals surface area (Å²) in [7, 11) is 0. The molecule has 1 heterocycles. The molecule has 0 unspecified atom stereocenters. The van der Waals surface area contributed by atoms with Crippen molar-refractivity contribution in [2.45, 2.75) is 38.0 Å². The number of allylic oxidation sites excluding steroid dienone is 2. The minimum absolute atomic E-state index is 0.0195. The number of rotatable bonds is 5. The summed E-state index contributed by atoms with van der Waals surface area (Å²) in [5.41, 5.74) is 0.850. The molecule has 1 aliphatic heterocycles. The summed E-state index contributed by atoms with van der Waals surface area (Å²) in [5.74, 6) is 0.868. The first-order valence-electron chi connectivity index (χ1n) is 8.16. The molecule has 5 nitrogen and oxygen atoms in total. The first-order chi connectivity index (χ1) is 11.3. The van der Waals surface area contributed by atoms with Gasteiger partial charge in [-0.2, -0.15) is 0 Å². The Hall–Kier alpha value is -1.85. The number of hydrogen-bond acceptors (Lipinski definition) is 4. The highest BCUT2D eigenvalue weighted by molar-refractivity contribution is 5.79. The Kier molecular flexibility index (Phi) is 5.31. The maximum atomic E-state index is 12.3. The highest BCUT2D eigenvalue weighted by Crippen LogP contribution is 2.21. The van der Waals surface area contributed by atoms with Crippen LogP contribution in [0.3, 0.4) is 0 Å². The van der Waals surface area contributed by atoms with Gasteiger partial charge in [0.1, 0.15) is 11.9 Å². The molecule has 0 aromatic heterocycles. The summed E-state index contributed by atoms with van der Waals surface area (Å²) in [6.07, 6.45) is 6.38. The predicted octanol–water partition coefficient (Wildman–Crippen LogP) is 1.80. The topological polar surface area (TPSA) is 67.8 Å². The van der Waals surface area contributed by atoms with E-state index in [2.05, 4.69) is 17.5 Å². The third-order valence-corrected chi connectivity index (χ3v) is 4.39. The number of nitrogens with one attached hydrogen (secondary N) is 1. The van der Waals surface area contributed by atoms with E-state index in [0.29, 0.717) is 13.2 Å². The van der Waals surface area contributed by atoms with E-state index in [-0.39, 0.29) is 30.6 Å². The monoisotopic (exact) mass is 317 g/mol. The second-order valence-corrected chi connectivity index (χ2v) is 6.08. The number of carbonyl (C=O) groups excluding carboxylic acids is 1. The van der Waals surface area contributed by atoms with Crippen molar-refractivity contribution in [1.29, 1.82) is 0 Å². The van der Waals surface area contributed by atoms with Crippen LogP contribution in [0.1, 0.15) is 24.8 Å². The van der Waals surface area contributed by atoms with Crippen LogP contribution in [0.5, 0.6) is 5.75 Å². The highest BCUT2D eigenvalue weighted by Gasteiger charge is 2.31. The van der Waals surface area contributed by atoms with Crippen molar-refractivity contribution in [3.63, 3.8) is 0 Å². The molecule has 23 heavy (non-hydrogen) atoms. The average molecular weight is 317 g/mol. The van der Waals surface area contributed by atoms with Gasteiger partial charge in [0.2, 0.25) is 5.91 Å². The van der Waals surface area contributed by atoms with Gasteiger partial charge in [0.25, 0.3) is 0 Å². The Labute approximate surface area is 136 Å². The largest absolute Gasteiger partial charge is 0.488 e. The minimum Gasteiger partial charge on any atom is -0.488 e. The Bertz CT molecular complexity index is 547. The smallest absolute Gasteiger partial charge is 0.224 e. The third kappa shape index (κ3) is 4.12. The molecule has 2 atom stereocenters. The molecule has 1 amide bonds. The van der Waals surface area contributed by atoms with Gasteiger partial charge in [-0.1, -0.05) is 24.3 Å². The normalized spacial score (nSPS) is 24.6. The lowest BCUT2D eigenvalue weighted by atomic mass is 10.0. The van der Waals surface area contributed by atoms with Gasteiger partial charge in [0, 0.05) is 12.3 Å². The number of amides is 1. The Balaban J connectivity index is 1.59. The second-order valence-electron chi connectivity index (χ2n) is 6.08. The van der Waals surface area contributed by atoms with E-state index in [1.54, 1.807) is 0 Å². The molecule has 0 saturated carbocycles. The number of ether oxygens (including phenoxy) is 2. The van der Waals surface area contributed by atoms with Crippen molar-refractivity contribution in [2.75, 3.05) is 13.2 Å². The maximum Gasteiger partial charge on any atom is 0.224 e.